The Morgan fingerprint density at radius 1 is 0.951 bits per heavy atom. The number of ketones is 1. The Morgan fingerprint density at radius 2 is 1.61 bits per heavy atom. The van der Waals surface area contributed by atoms with Crippen LogP contribution in [0.3, 0.4) is 0 Å². The van der Waals surface area contributed by atoms with Gasteiger partial charge in [0.05, 0.1) is 24.8 Å². The summed E-state index contributed by atoms with van der Waals surface area (Å²) in [6.07, 6.45) is 0. The number of aromatic hydroxyl groups is 1. The number of phenolic OH excluding ortho intramolecular Hbond substituents is 1. The number of aliphatic hydroxyl groups excluding tert-OH is 1. The zero-order valence-electron chi connectivity index (χ0n) is 24.6. The molecule has 41 heavy (non-hydrogen) atoms. The zero-order valence-corrected chi connectivity index (χ0v) is 24.6. The van der Waals surface area contributed by atoms with Gasteiger partial charge in [0.15, 0.2) is 0 Å². The first kappa shape index (κ1) is 29.7. The van der Waals surface area contributed by atoms with Crippen molar-refractivity contribution >= 4 is 17.4 Å². The number of hydrogen-bond acceptors (Lipinski definition) is 6. The molecule has 3 aromatic carbocycles. The van der Waals surface area contributed by atoms with Gasteiger partial charge in [-0.05, 0) is 71.8 Å². The molecule has 7 heteroatoms. The number of amides is 1. The number of nitrogens with zero attached hydrogens (tertiary/aromatic N) is 1. The summed E-state index contributed by atoms with van der Waals surface area (Å²) in [5, 5.41) is 21.5. The van der Waals surface area contributed by atoms with Crippen LogP contribution in [0.15, 0.2) is 72.3 Å². The maximum Gasteiger partial charge on any atom is 0.295 e. The molecule has 1 unspecified atom stereocenters. The molecule has 0 saturated carbocycles. The Kier molecular flexibility index (Phi) is 8.76. The van der Waals surface area contributed by atoms with Crippen LogP contribution in [0.1, 0.15) is 69.8 Å². The monoisotopic (exact) mass is 557 g/mol. The lowest BCUT2D eigenvalue weighted by molar-refractivity contribution is -0.140. The van der Waals surface area contributed by atoms with Gasteiger partial charge >= 0.3 is 0 Å². The molecule has 0 aliphatic carbocycles. The molecule has 1 saturated heterocycles. The maximum absolute atomic E-state index is 13.5. The van der Waals surface area contributed by atoms with Crippen LogP contribution in [-0.2, 0) is 21.5 Å². The van der Waals surface area contributed by atoms with Gasteiger partial charge in [-0.3, -0.25) is 9.59 Å². The molecule has 1 heterocycles. The third kappa shape index (κ3) is 6.56. The summed E-state index contributed by atoms with van der Waals surface area (Å²) in [6, 6.07) is 18.2. The van der Waals surface area contributed by atoms with E-state index in [0.717, 1.165) is 16.9 Å². The summed E-state index contributed by atoms with van der Waals surface area (Å²) in [5.41, 5.74) is 2.41. The SMILES string of the molecule is CCOc1ccc(/C(O)=C2/C(=O)C(=O)N(Cc3ccc(OCC(C)C)cc3)C2c2ccc(O)cc2)cc1C(C)(C)C. The second-order valence-electron chi connectivity index (χ2n) is 11.8. The van der Waals surface area contributed by atoms with Crippen LogP contribution in [0.2, 0.25) is 0 Å². The minimum atomic E-state index is -0.850. The molecule has 4 rings (SSSR count). The van der Waals surface area contributed by atoms with Gasteiger partial charge in [0.25, 0.3) is 11.7 Å². The Hall–Kier alpha value is -4.26. The molecule has 1 aliphatic heterocycles. The van der Waals surface area contributed by atoms with E-state index in [1.807, 2.05) is 58.0 Å². The van der Waals surface area contributed by atoms with Gasteiger partial charge in [0, 0.05) is 17.7 Å². The van der Waals surface area contributed by atoms with Crippen molar-refractivity contribution in [2.24, 2.45) is 5.92 Å². The topological polar surface area (TPSA) is 96.3 Å². The van der Waals surface area contributed by atoms with Gasteiger partial charge in [-0.2, -0.15) is 0 Å². The summed E-state index contributed by atoms with van der Waals surface area (Å²) in [7, 11) is 0. The molecule has 0 spiro atoms. The molecular formula is C34H39NO6. The number of rotatable bonds is 9. The smallest absolute Gasteiger partial charge is 0.295 e. The minimum Gasteiger partial charge on any atom is -0.508 e. The highest BCUT2D eigenvalue weighted by atomic mass is 16.5. The number of ether oxygens (including phenoxy) is 2. The Labute approximate surface area is 242 Å². The fourth-order valence-corrected chi connectivity index (χ4v) is 4.90. The molecule has 1 fully saturated rings. The number of carbonyl (C=O) groups excluding carboxylic acids is 2. The molecule has 0 bridgehead atoms. The highest BCUT2D eigenvalue weighted by Gasteiger charge is 2.46. The summed E-state index contributed by atoms with van der Waals surface area (Å²) < 4.78 is 11.6. The predicted octanol–water partition coefficient (Wildman–Crippen LogP) is 6.75. The predicted molar refractivity (Wildman–Crippen MR) is 159 cm³/mol. The molecule has 1 aliphatic rings. The number of hydrogen-bond donors (Lipinski definition) is 2. The standard InChI is InChI=1S/C34H39NO6/c1-7-40-28-17-12-24(18-27(28)34(4,5)6)31(37)29-30(23-10-13-25(36)14-11-23)35(33(39)32(29)38)19-22-8-15-26(16-9-22)41-20-21(2)3/h8-18,21,30,36-37H,7,19-20H2,1-6H3/b31-29-. The van der Waals surface area contributed by atoms with E-state index in [1.165, 1.54) is 17.0 Å². The van der Waals surface area contributed by atoms with Crippen molar-refractivity contribution in [1.29, 1.82) is 0 Å². The second-order valence-corrected chi connectivity index (χ2v) is 11.8. The van der Waals surface area contributed by atoms with E-state index in [1.54, 1.807) is 24.3 Å². The molecule has 2 N–H and O–H groups in total. The van der Waals surface area contributed by atoms with Crippen molar-refractivity contribution in [1.82, 2.24) is 4.90 Å². The molecule has 1 amide bonds. The fraction of sp³-hybridized carbons (Fsp3) is 0.353. The Balaban J connectivity index is 1.78. The normalized spacial score (nSPS) is 16.9. The van der Waals surface area contributed by atoms with Crippen LogP contribution in [-0.4, -0.2) is 40.0 Å². The second kappa shape index (κ2) is 12.1. The third-order valence-corrected chi connectivity index (χ3v) is 6.97. The fourth-order valence-electron chi connectivity index (χ4n) is 4.90. The van der Waals surface area contributed by atoms with Crippen LogP contribution in [0, 0.1) is 5.92 Å². The first-order valence-electron chi connectivity index (χ1n) is 14.0. The lowest BCUT2D eigenvalue weighted by atomic mass is 9.84. The third-order valence-electron chi connectivity index (χ3n) is 6.97. The van der Waals surface area contributed by atoms with Gasteiger partial charge in [-0.25, -0.2) is 0 Å². The molecule has 0 radical (unpaired) electrons. The minimum absolute atomic E-state index is 0.00148. The molecular weight excluding hydrogens is 518 g/mol. The van der Waals surface area contributed by atoms with E-state index in [4.69, 9.17) is 9.47 Å². The zero-order chi connectivity index (χ0) is 29.9. The summed E-state index contributed by atoms with van der Waals surface area (Å²) >= 11 is 0. The number of benzene rings is 3. The summed E-state index contributed by atoms with van der Waals surface area (Å²) in [4.78, 5) is 28.4. The quantitative estimate of drug-likeness (QED) is 0.172. The van der Waals surface area contributed by atoms with E-state index in [-0.39, 0.29) is 29.0 Å². The van der Waals surface area contributed by atoms with Gasteiger partial charge < -0.3 is 24.6 Å². The average Bonchev–Trinajstić information content (AvgIpc) is 3.17. The number of carbonyl (C=O) groups is 2. The molecule has 0 aromatic heterocycles. The average molecular weight is 558 g/mol. The van der Waals surface area contributed by atoms with Gasteiger partial charge in [-0.15, -0.1) is 0 Å². The maximum atomic E-state index is 13.5. The first-order valence-corrected chi connectivity index (χ1v) is 14.0. The first-order chi connectivity index (χ1) is 19.4. The summed E-state index contributed by atoms with van der Waals surface area (Å²) in [5.74, 6) is 0.161. The van der Waals surface area contributed by atoms with Crippen molar-refractivity contribution in [2.75, 3.05) is 13.2 Å². The van der Waals surface area contributed by atoms with Crippen molar-refractivity contribution in [2.45, 2.75) is 59.5 Å². The van der Waals surface area contributed by atoms with E-state index < -0.39 is 17.7 Å². The Morgan fingerprint density at radius 3 is 2.20 bits per heavy atom. The highest BCUT2D eigenvalue weighted by molar-refractivity contribution is 6.46. The van der Waals surface area contributed by atoms with Crippen molar-refractivity contribution in [3.8, 4) is 17.2 Å². The Bertz CT molecular complexity index is 1430. The van der Waals surface area contributed by atoms with Gasteiger partial charge in [0.2, 0.25) is 0 Å². The largest absolute Gasteiger partial charge is 0.508 e. The van der Waals surface area contributed by atoms with Crippen LogP contribution in [0.4, 0.5) is 0 Å². The molecule has 1 atom stereocenters. The van der Waals surface area contributed by atoms with Crippen LogP contribution >= 0.6 is 0 Å². The van der Waals surface area contributed by atoms with Gasteiger partial charge in [0.1, 0.15) is 23.0 Å². The molecule has 216 valence electrons. The van der Waals surface area contributed by atoms with Gasteiger partial charge in [-0.1, -0.05) is 58.9 Å². The molecule has 7 nitrogen and oxygen atoms in total. The van der Waals surface area contributed by atoms with Crippen LogP contribution in [0.5, 0.6) is 17.2 Å². The van der Waals surface area contributed by atoms with Crippen molar-refractivity contribution in [3.63, 3.8) is 0 Å². The number of aliphatic hydroxyl groups is 1. The molecule has 3 aromatic rings. The number of phenols is 1. The van der Waals surface area contributed by atoms with Crippen molar-refractivity contribution in [3.05, 3.63) is 94.6 Å². The van der Waals surface area contributed by atoms with Crippen LogP contribution < -0.4 is 9.47 Å². The highest BCUT2D eigenvalue weighted by Crippen LogP contribution is 2.42. The van der Waals surface area contributed by atoms with E-state index in [0.29, 0.717) is 36.0 Å². The van der Waals surface area contributed by atoms with E-state index in [9.17, 15) is 19.8 Å². The van der Waals surface area contributed by atoms with E-state index >= 15 is 0 Å². The van der Waals surface area contributed by atoms with E-state index in [2.05, 4.69) is 13.8 Å². The lowest BCUT2D eigenvalue weighted by Gasteiger charge is -2.26. The number of likely N-dealkylation sites (tertiary alicyclic amines) is 1. The lowest BCUT2D eigenvalue weighted by Crippen LogP contribution is -2.29. The van der Waals surface area contributed by atoms with Crippen molar-refractivity contribution < 1.29 is 29.3 Å². The van der Waals surface area contributed by atoms with Crippen LogP contribution in [0.25, 0.3) is 5.76 Å². The number of Topliss-reactive ketones (excluding diaryl/α,β-unsaturated/α-hetero) is 1. The summed E-state index contributed by atoms with van der Waals surface area (Å²) in [6.45, 7) is 13.4.